The number of carbonyl (C=O) groups is 1. The van der Waals surface area contributed by atoms with Gasteiger partial charge < -0.3 is 4.42 Å². The van der Waals surface area contributed by atoms with E-state index in [1.807, 2.05) is 60.7 Å². The quantitative estimate of drug-likeness (QED) is 0.591. The summed E-state index contributed by atoms with van der Waals surface area (Å²) in [5, 5.41) is 14.7. The van der Waals surface area contributed by atoms with Crippen molar-refractivity contribution in [1.82, 2.24) is 20.0 Å². The van der Waals surface area contributed by atoms with E-state index in [4.69, 9.17) is 4.42 Å². The van der Waals surface area contributed by atoms with Crippen molar-refractivity contribution in [3.05, 3.63) is 84.1 Å². The minimum Gasteiger partial charge on any atom is -0.401 e. The molecule has 0 aliphatic rings. The van der Waals surface area contributed by atoms with Crippen molar-refractivity contribution in [2.45, 2.75) is 5.92 Å². The fourth-order valence-corrected chi connectivity index (χ4v) is 2.92. The van der Waals surface area contributed by atoms with E-state index in [2.05, 4.69) is 20.6 Å². The number of anilines is 1. The molecule has 0 aliphatic heterocycles. The Labute approximate surface area is 155 Å². The first-order valence-corrected chi connectivity index (χ1v) is 8.45. The molecule has 0 unspecified atom stereocenters. The predicted molar refractivity (Wildman–Crippen MR) is 99.9 cm³/mol. The van der Waals surface area contributed by atoms with Crippen molar-refractivity contribution in [3.63, 3.8) is 0 Å². The van der Waals surface area contributed by atoms with Gasteiger partial charge in [-0.05, 0) is 17.2 Å². The maximum atomic E-state index is 13.0. The van der Waals surface area contributed by atoms with Crippen LogP contribution in [-0.4, -0.2) is 25.9 Å². The molecule has 4 aromatic rings. The number of carbonyl (C=O) groups excluding carboxylic acids is 1. The highest BCUT2D eigenvalue weighted by Crippen LogP contribution is 2.26. The van der Waals surface area contributed by atoms with Gasteiger partial charge >= 0.3 is 6.01 Å². The lowest BCUT2D eigenvalue weighted by atomic mass is 9.90. The third kappa shape index (κ3) is 3.48. The average molecular weight is 359 g/mol. The van der Waals surface area contributed by atoms with E-state index in [-0.39, 0.29) is 11.9 Å². The van der Waals surface area contributed by atoms with Crippen LogP contribution >= 0.6 is 0 Å². The van der Waals surface area contributed by atoms with Gasteiger partial charge in [0, 0.05) is 13.2 Å². The molecule has 2 aromatic heterocycles. The number of rotatable bonds is 5. The summed E-state index contributed by atoms with van der Waals surface area (Å²) in [5.74, 6) is -0.437. The van der Waals surface area contributed by atoms with Crippen LogP contribution in [-0.2, 0) is 11.8 Å². The topological polar surface area (TPSA) is 85.8 Å². The smallest absolute Gasteiger partial charge is 0.322 e. The molecule has 27 heavy (non-hydrogen) atoms. The lowest BCUT2D eigenvalue weighted by Gasteiger charge is -2.16. The first-order valence-electron chi connectivity index (χ1n) is 8.45. The number of amides is 1. The highest BCUT2D eigenvalue weighted by atomic mass is 16.4. The molecule has 0 aliphatic carbocycles. The van der Waals surface area contributed by atoms with Crippen LogP contribution in [0.3, 0.4) is 0 Å². The summed E-state index contributed by atoms with van der Waals surface area (Å²) in [6, 6.07) is 21.0. The number of benzene rings is 2. The van der Waals surface area contributed by atoms with Crippen LogP contribution in [0.2, 0.25) is 0 Å². The second-order valence-corrected chi connectivity index (χ2v) is 6.00. The normalized spacial score (nSPS) is 10.9. The Morgan fingerprint density at radius 1 is 0.963 bits per heavy atom. The van der Waals surface area contributed by atoms with Gasteiger partial charge in [-0.2, -0.15) is 5.10 Å². The predicted octanol–water partition coefficient (Wildman–Crippen LogP) is 3.24. The standard InChI is InChI=1S/C20H17N5O2/c1-25-16(12-13-21-25)19-23-24-20(27-19)22-18(26)17(14-8-4-2-5-9-14)15-10-6-3-7-11-15/h2-13,17H,1H3,(H,22,24,26). The minimum atomic E-state index is -0.487. The lowest BCUT2D eigenvalue weighted by molar-refractivity contribution is -0.116. The Balaban J connectivity index is 1.61. The summed E-state index contributed by atoms with van der Waals surface area (Å²) in [5.41, 5.74) is 2.44. The van der Waals surface area contributed by atoms with Gasteiger partial charge in [0.25, 0.3) is 5.89 Å². The first-order chi connectivity index (χ1) is 13.2. The highest BCUT2D eigenvalue weighted by Gasteiger charge is 2.24. The van der Waals surface area contributed by atoms with Gasteiger partial charge in [-0.3, -0.25) is 14.8 Å². The second kappa shape index (κ2) is 7.25. The van der Waals surface area contributed by atoms with Crippen LogP contribution in [0.15, 0.2) is 77.3 Å². The SMILES string of the molecule is Cn1nccc1-c1nnc(NC(=O)C(c2ccccc2)c2ccccc2)o1. The molecule has 134 valence electrons. The zero-order valence-electron chi connectivity index (χ0n) is 14.6. The fraction of sp³-hybridized carbons (Fsp3) is 0.100. The van der Waals surface area contributed by atoms with Gasteiger partial charge in [0.2, 0.25) is 5.91 Å². The summed E-state index contributed by atoms with van der Waals surface area (Å²) < 4.78 is 7.21. The van der Waals surface area contributed by atoms with Crippen LogP contribution in [0.1, 0.15) is 17.0 Å². The van der Waals surface area contributed by atoms with Crippen molar-refractivity contribution < 1.29 is 9.21 Å². The lowest BCUT2D eigenvalue weighted by Crippen LogP contribution is -2.22. The Morgan fingerprint density at radius 2 is 1.59 bits per heavy atom. The number of aryl methyl sites for hydroxylation is 1. The van der Waals surface area contributed by atoms with Crippen LogP contribution in [0.4, 0.5) is 6.01 Å². The van der Waals surface area contributed by atoms with Crippen LogP contribution in [0, 0.1) is 0 Å². The zero-order chi connectivity index (χ0) is 18.6. The average Bonchev–Trinajstić information content (AvgIpc) is 3.32. The summed E-state index contributed by atoms with van der Waals surface area (Å²) in [7, 11) is 1.78. The monoisotopic (exact) mass is 359 g/mol. The third-order valence-corrected chi connectivity index (χ3v) is 4.22. The number of aromatic nitrogens is 4. The number of hydrogen-bond acceptors (Lipinski definition) is 5. The van der Waals surface area contributed by atoms with Crippen LogP contribution < -0.4 is 5.32 Å². The molecule has 1 amide bonds. The summed E-state index contributed by atoms with van der Waals surface area (Å²) in [6.07, 6.45) is 1.64. The van der Waals surface area contributed by atoms with E-state index < -0.39 is 5.92 Å². The molecule has 0 fully saturated rings. The molecule has 0 bridgehead atoms. The van der Waals surface area contributed by atoms with E-state index in [1.165, 1.54) is 0 Å². The Bertz CT molecular complexity index is 1000. The molecule has 7 nitrogen and oxygen atoms in total. The molecule has 0 spiro atoms. The summed E-state index contributed by atoms with van der Waals surface area (Å²) >= 11 is 0. The van der Waals surface area contributed by atoms with Crippen molar-refractivity contribution in [3.8, 4) is 11.6 Å². The van der Waals surface area contributed by atoms with Gasteiger partial charge in [-0.25, -0.2) is 0 Å². The van der Waals surface area contributed by atoms with E-state index in [0.29, 0.717) is 11.6 Å². The molecule has 0 radical (unpaired) electrons. The largest absolute Gasteiger partial charge is 0.401 e. The number of nitrogens with one attached hydrogen (secondary N) is 1. The number of nitrogens with zero attached hydrogens (tertiary/aromatic N) is 4. The van der Waals surface area contributed by atoms with E-state index in [9.17, 15) is 4.79 Å². The van der Waals surface area contributed by atoms with Crippen molar-refractivity contribution in [2.24, 2.45) is 7.05 Å². The molecule has 0 saturated heterocycles. The summed E-state index contributed by atoms with van der Waals surface area (Å²) in [6.45, 7) is 0. The van der Waals surface area contributed by atoms with E-state index >= 15 is 0 Å². The van der Waals surface area contributed by atoms with Gasteiger partial charge in [0.1, 0.15) is 5.69 Å². The van der Waals surface area contributed by atoms with Crippen LogP contribution in [0.25, 0.3) is 11.6 Å². The maximum Gasteiger partial charge on any atom is 0.322 e. The molecule has 7 heteroatoms. The molecule has 2 heterocycles. The molecular formula is C20H17N5O2. The summed E-state index contributed by atoms with van der Waals surface area (Å²) in [4.78, 5) is 13.0. The minimum absolute atomic E-state index is 0.0491. The van der Waals surface area contributed by atoms with Gasteiger partial charge in [0.05, 0.1) is 5.92 Å². The van der Waals surface area contributed by atoms with Crippen molar-refractivity contribution >= 4 is 11.9 Å². The first kappa shape index (κ1) is 16.7. The molecule has 0 atom stereocenters. The Kier molecular flexibility index (Phi) is 4.49. The molecule has 4 rings (SSSR count). The molecular weight excluding hydrogens is 342 g/mol. The zero-order valence-corrected chi connectivity index (χ0v) is 14.6. The second-order valence-electron chi connectivity index (χ2n) is 6.00. The van der Waals surface area contributed by atoms with Crippen LogP contribution in [0.5, 0.6) is 0 Å². The van der Waals surface area contributed by atoms with Gasteiger partial charge in [0.15, 0.2) is 0 Å². The fourth-order valence-electron chi connectivity index (χ4n) is 2.92. The van der Waals surface area contributed by atoms with Gasteiger partial charge in [-0.1, -0.05) is 65.8 Å². The van der Waals surface area contributed by atoms with Gasteiger partial charge in [-0.15, -0.1) is 5.10 Å². The van der Waals surface area contributed by atoms with E-state index in [1.54, 1.807) is 24.0 Å². The Morgan fingerprint density at radius 3 is 2.15 bits per heavy atom. The third-order valence-electron chi connectivity index (χ3n) is 4.22. The number of hydrogen-bond donors (Lipinski definition) is 1. The molecule has 2 aromatic carbocycles. The van der Waals surface area contributed by atoms with Crippen molar-refractivity contribution in [1.29, 1.82) is 0 Å². The maximum absolute atomic E-state index is 13.0. The molecule has 1 N–H and O–H groups in total. The van der Waals surface area contributed by atoms with Crippen molar-refractivity contribution in [2.75, 3.05) is 5.32 Å². The Hall–Kier alpha value is -3.74. The van der Waals surface area contributed by atoms with E-state index in [0.717, 1.165) is 11.1 Å². The molecule has 0 saturated carbocycles. The highest BCUT2D eigenvalue weighted by molar-refractivity contribution is 5.96.